The van der Waals surface area contributed by atoms with Gasteiger partial charge in [-0.05, 0) is 25.7 Å². The van der Waals surface area contributed by atoms with Crippen LogP contribution in [0.5, 0.6) is 40.2 Å². The van der Waals surface area contributed by atoms with Crippen molar-refractivity contribution in [1.29, 1.82) is 0 Å². The van der Waals surface area contributed by atoms with Crippen molar-refractivity contribution in [3.05, 3.63) is 43.2 Å². The molecule has 1 aliphatic rings. The van der Waals surface area contributed by atoms with E-state index in [4.69, 9.17) is 18.9 Å². The SMILES string of the molecule is COc1c(O)c2c(=O)cc(OC)c3c4c(OC)c(O)c(=O)c5c(O)c(OC)c6c(c(c1C(C(C)=O)=C(C)C6)c23)c54. The number of benzene rings is 5. The molecule has 6 rings (SSSR count). The third-order valence-electron chi connectivity index (χ3n) is 7.90. The Morgan fingerprint density at radius 2 is 1.30 bits per heavy atom. The van der Waals surface area contributed by atoms with Gasteiger partial charge in [-0.1, -0.05) is 5.57 Å². The van der Waals surface area contributed by atoms with Crippen LogP contribution < -0.4 is 29.8 Å². The van der Waals surface area contributed by atoms with E-state index in [0.29, 0.717) is 21.9 Å². The van der Waals surface area contributed by atoms with Crippen LogP contribution in [0.2, 0.25) is 0 Å². The number of hydrogen-bond donors (Lipinski definition) is 3. The Hall–Kier alpha value is -4.99. The standard InChI is InChI=1S/C30H24O10/c1-9-7-11-15-18-20-16(25(34)29(39-5)21(18)14(9)10(2)31)12(32)8-13(37-3)17(20)22-19(15)23(26(35)28(11)38-4)24(33)27(36)30(22)40-6/h8,34-36H,7H2,1-6H3. The predicted molar refractivity (Wildman–Crippen MR) is 150 cm³/mol. The molecule has 1 aliphatic carbocycles. The molecule has 0 fully saturated rings. The zero-order valence-corrected chi connectivity index (χ0v) is 22.5. The number of phenolic OH excluding ortho intramolecular Hbond substituents is 3. The van der Waals surface area contributed by atoms with Crippen molar-refractivity contribution in [3.63, 3.8) is 0 Å². The summed E-state index contributed by atoms with van der Waals surface area (Å²) in [5.41, 5.74) is -0.00621. The predicted octanol–water partition coefficient (Wildman–Crippen LogP) is 3.97. The molecular formula is C30H24O10. The Balaban J connectivity index is 2.23. The molecule has 0 unspecified atom stereocenters. The van der Waals surface area contributed by atoms with Crippen LogP contribution in [0.25, 0.3) is 48.7 Å². The summed E-state index contributed by atoms with van der Waals surface area (Å²) in [6.07, 6.45) is 0.108. The molecule has 0 heterocycles. The van der Waals surface area contributed by atoms with Gasteiger partial charge < -0.3 is 34.3 Å². The van der Waals surface area contributed by atoms with Crippen molar-refractivity contribution in [2.45, 2.75) is 20.3 Å². The molecule has 5 aromatic rings. The normalized spacial score (nSPS) is 13.2. The quantitative estimate of drug-likeness (QED) is 0.219. The van der Waals surface area contributed by atoms with E-state index in [1.54, 1.807) is 6.92 Å². The number of Topliss-reactive ketones (excluding diaryl/α,β-unsaturated/α-hetero) is 1. The number of carbonyl (C=O) groups excluding carboxylic acids is 1. The molecule has 10 heteroatoms. The molecule has 0 saturated heterocycles. The Morgan fingerprint density at radius 3 is 1.88 bits per heavy atom. The maximum absolute atomic E-state index is 13.6. The first kappa shape index (κ1) is 25.3. The van der Waals surface area contributed by atoms with Gasteiger partial charge in [0.25, 0.3) is 0 Å². The maximum Gasteiger partial charge on any atom is 0.235 e. The van der Waals surface area contributed by atoms with Gasteiger partial charge in [0.1, 0.15) is 5.75 Å². The Bertz CT molecular complexity index is 2120. The summed E-state index contributed by atoms with van der Waals surface area (Å²) in [4.78, 5) is 40.3. The van der Waals surface area contributed by atoms with E-state index in [2.05, 4.69) is 0 Å². The number of carbonyl (C=O) groups is 1. The maximum atomic E-state index is 13.6. The van der Waals surface area contributed by atoms with E-state index < -0.39 is 28.1 Å². The zero-order chi connectivity index (χ0) is 28.9. The lowest BCUT2D eigenvalue weighted by Gasteiger charge is -2.24. The first-order valence-electron chi connectivity index (χ1n) is 12.3. The number of hydrogen-bond acceptors (Lipinski definition) is 10. The van der Waals surface area contributed by atoms with Crippen molar-refractivity contribution in [2.75, 3.05) is 28.4 Å². The topological polar surface area (TPSA) is 149 Å². The second kappa shape index (κ2) is 8.25. The van der Waals surface area contributed by atoms with Crippen LogP contribution in [-0.2, 0) is 11.2 Å². The van der Waals surface area contributed by atoms with Crippen LogP contribution in [0, 0.1) is 0 Å². The molecule has 0 bridgehead atoms. The summed E-state index contributed by atoms with van der Waals surface area (Å²) in [5.74, 6) is -2.32. The summed E-state index contributed by atoms with van der Waals surface area (Å²) >= 11 is 0. The molecule has 0 aliphatic heterocycles. The first-order chi connectivity index (χ1) is 19.0. The third kappa shape index (κ3) is 2.74. The van der Waals surface area contributed by atoms with Crippen LogP contribution in [0.4, 0.5) is 0 Å². The molecule has 0 saturated carbocycles. The largest absolute Gasteiger partial charge is 0.504 e. The van der Waals surface area contributed by atoms with Gasteiger partial charge in [0.2, 0.25) is 11.2 Å². The minimum absolute atomic E-state index is 0.0286. The van der Waals surface area contributed by atoms with Crippen molar-refractivity contribution in [1.82, 2.24) is 0 Å². The van der Waals surface area contributed by atoms with E-state index >= 15 is 0 Å². The van der Waals surface area contributed by atoms with E-state index in [0.717, 1.165) is 0 Å². The molecule has 0 radical (unpaired) electrons. The average Bonchev–Trinajstić information content (AvgIpc) is 3.04. The Labute approximate surface area is 225 Å². The average molecular weight is 545 g/mol. The molecule has 10 nitrogen and oxygen atoms in total. The number of ether oxygens (including phenoxy) is 4. The monoisotopic (exact) mass is 544 g/mol. The van der Waals surface area contributed by atoms with Gasteiger partial charge in [-0.25, -0.2) is 0 Å². The molecule has 0 spiro atoms. The fourth-order valence-electron chi connectivity index (χ4n) is 6.52. The van der Waals surface area contributed by atoms with Crippen molar-refractivity contribution in [2.24, 2.45) is 0 Å². The fraction of sp³-hybridized carbons (Fsp3) is 0.233. The van der Waals surface area contributed by atoms with Crippen LogP contribution in [0.3, 0.4) is 0 Å². The molecule has 0 aromatic heterocycles. The van der Waals surface area contributed by atoms with E-state index in [1.165, 1.54) is 41.4 Å². The number of fused-ring (bicyclic) bond motifs is 1. The van der Waals surface area contributed by atoms with Crippen molar-refractivity contribution >= 4 is 54.4 Å². The van der Waals surface area contributed by atoms with Crippen LogP contribution in [0.1, 0.15) is 25.0 Å². The highest BCUT2D eigenvalue weighted by Crippen LogP contribution is 2.58. The van der Waals surface area contributed by atoms with E-state index in [9.17, 15) is 29.7 Å². The Kier molecular flexibility index (Phi) is 5.22. The van der Waals surface area contributed by atoms with Crippen LogP contribution >= 0.6 is 0 Å². The summed E-state index contributed by atoms with van der Waals surface area (Å²) in [6.45, 7) is 3.11. The first-order valence-corrected chi connectivity index (χ1v) is 12.3. The lowest BCUT2D eigenvalue weighted by atomic mass is 9.82. The molecule has 40 heavy (non-hydrogen) atoms. The highest BCUT2D eigenvalue weighted by molar-refractivity contribution is 6.42. The minimum Gasteiger partial charge on any atom is -0.504 e. The fourth-order valence-corrected chi connectivity index (χ4v) is 6.52. The number of methoxy groups -OCH3 is 4. The Morgan fingerprint density at radius 1 is 0.700 bits per heavy atom. The lowest BCUT2D eigenvalue weighted by molar-refractivity contribution is -0.111. The van der Waals surface area contributed by atoms with Crippen molar-refractivity contribution in [3.8, 4) is 40.2 Å². The number of phenols is 3. The molecule has 3 N–H and O–H groups in total. The number of allylic oxidation sites excluding steroid dienone is 2. The van der Waals surface area contributed by atoms with E-state index in [1.807, 2.05) is 0 Å². The number of rotatable bonds is 5. The highest BCUT2D eigenvalue weighted by atomic mass is 16.5. The second-order valence-corrected chi connectivity index (χ2v) is 9.79. The number of aromatic hydroxyl groups is 3. The van der Waals surface area contributed by atoms with Crippen LogP contribution in [-0.4, -0.2) is 49.5 Å². The third-order valence-corrected chi connectivity index (χ3v) is 7.90. The van der Waals surface area contributed by atoms with Gasteiger partial charge in [-0.15, -0.1) is 0 Å². The second-order valence-electron chi connectivity index (χ2n) is 9.79. The van der Waals surface area contributed by atoms with Crippen molar-refractivity contribution < 1.29 is 39.1 Å². The molecule has 0 atom stereocenters. The summed E-state index contributed by atoms with van der Waals surface area (Å²) < 4.78 is 22.4. The molecule has 5 aromatic carbocycles. The van der Waals surface area contributed by atoms with E-state index in [-0.39, 0.29) is 78.7 Å². The van der Waals surface area contributed by atoms with Gasteiger partial charge in [-0.2, -0.15) is 0 Å². The highest BCUT2D eigenvalue weighted by Gasteiger charge is 2.37. The summed E-state index contributed by atoms with van der Waals surface area (Å²) in [5, 5.41) is 35.1. The summed E-state index contributed by atoms with van der Waals surface area (Å²) in [7, 11) is 5.27. The molecular weight excluding hydrogens is 520 g/mol. The zero-order valence-electron chi connectivity index (χ0n) is 22.5. The van der Waals surface area contributed by atoms with Gasteiger partial charge in [-0.3, -0.25) is 14.4 Å². The lowest BCUT2D eigenvalue weighted by Crippen LogP contribution is -2.10. The van der Waals surface area contributed by atoms with Crippen LogP contribution in [0.15, 0.2) is 21.2 Å². The van der Waals surface area contributed by atoms with Gasteiger partial charge in [0, 0.05) is 49.7 Å². The molecule has 0 amide bonds. The number of ketones is 1. The molecule has 204 valence electrons. The van der Waals surface area contributed by atoms with Gasteiger partial charge in [0.05, 0.1) is 39.2 Å². The smallest absolute Gasteiger partial charge is 0.235 e. The summed E-state index contributed by atoms with van der Waals surface area (Å²) in [6, 6.07) is 1.18. The van der Waals surface area contributed by atoms with Gasteiger partial charge in [0.15, 0.2) is 40.0 Å². The minimum atomic E-state index is -0.902. The van der Waals surface area contributed by atoms with Gasteiger partial charge >= 0.3 is 0 Å².